The Morgan fingerprint density at radius 3 is 2.42 bits per heavy atom. The van der Waals surface area contributed by atoms with Crippen LogP contribution in [-0.2, 0) is 0 Å². The molecule has 2 aromatic rings. The molecule has 2 rings (SSSR count). The second-order valence-electron chi connectivity index (χ2n) is 3.38. The largest absolute Gasteiger partial charge is 0.318 e. The first kappa shape index (κ1) is 13.4. The molecule has 6 nitrogen and oxygen atoms in total. The van der Waals surface area contributed by atoms with Crippen LogP contribution in [0.3, 0.4) is 0 Å². The third-order valence-corrected chi connectivity index (χ3v) is 2.45. The van der Waals surface area contributed by atoms with Crippen LogP contribution in [0.15, 0.2) is 24.3 Å². The second-order valence-corrected chi connectivity index (χ2v) is 4.16. The van der Waals surface area contributed by atoms with Crippen molar-refractivity contribution in [1.82, 2.24) is 9.97 Å². The van der Waals surface area contributed by atoms with E-state index in [-0.39, 0.29) is 27.6 Å². The maximum absolute atomic E-state index is 13.1. The molecule has 0 aliphatic carbocycles. The Balaban J connectivity index is 2.42. The van der Waals surface area contributed by atoms with Crippen LogP contribution in [0.25, 0.3) is 0 Å². The van der Waals surface area contributed by atoms with Crippen molar-refractivity contribution in [3.63, 3.8) is 0 Å². The van der Waals surface area contributed by atoms with E-state index < -0.39 is 10.7 Å². The first-order valence-corrected chi connectivity index (χ1v) is 5.62. The summed E-state index contributed by atoms with van der Waals surface area (Å²) < 4.78 is 13.1. The molecule has 0 saturated carbocycles. The van der Waals surface area contributed by atoms with E-state index in [4.69, 9.17) is 23.2 Å². The monoisotopic (exact) mass is 302 g/mol. The van der Waals surface area contributed by atoms with Crippen molar-refractivity contribution in [1.29, 1.82) is 0 Å². The average Bonchev–Trinajstić information content (AvgIpc) is 2.26. The van der Waals surface area contributed by atoms with Crippen molar-refractivity contribution >= 4 is 40.5 Å². The van der Waals surface area contributed by atoms with E-state index in [1.165, 1.54) is 6.07 Å². The molecule has 0 spiro atoms. The van der Waals surface area contributed by atoms with Gasteiger partial charge in [-0.1, -0.05) is 23.2 Å². The van der Waals surface area contributed by atoms with Crippen LogP contribution < -0.4 is 5.32 Å². The summed E-state index contributed by atoms with van der Waals surface area (Å²) in [5.74, 6) is -0.701. The lowest BCUT2D eigenvalue weighted by molar-refractivity contribution is -0.384. The van der Waals surface area contributed by atoms with Crippen molar-refractivity contribution in [2.75, 3.05) is 5.32 Å². The summed E-state index contributed by atoms with van der Waals surface area (Å²) in [4.78, 5) is 17.7. The second kappa shape index (κ2) is 5.33. The van der Waals surface area contributed by atoms with Gasteiger partial charge in [0.2, 0.25) is 5.95 Å². The van der Waals surface area contributed by atoms with E-state index in [9.17, 15) is 14.5 Å². The molecule has 9 heteroatoms. The Bertz CT molecular complexity index is 633. The molecule has 1 N–H and O–H groups in total. The minimum absolute atomic E-state index is 0.0570. The van der Waals surface area contributed by atoms with Crippen LogP contribution in [-0.4, -0.2) is 14.9 Å². The van der Waals surface area contributed by atoms with Crippen molar-refractivity contribution in [3.05, 3.63) is 50.5 Å². The molecule has 0 radical (unpaired) electrons. The number of nitro groups is 1. The molecule has 1 heterocycles. The normalized spacial score (nSPS) is 10.3. The van der Waals surface area contributed by atoms with Gasteiger partial charge in [0, 0.05) is 18.2 Å². The first-order valence-electron chi connectivity index (χ1n) is 4.87. The molecular weight excluding hydrogens is 298 g/mol. The van der Waals surface area contributed by atoms with Crippen LogP contribution in [0.2, 0.25) is 10.3 Å². The number of hydrogen-bond acceptors (Lipinski definition) is 5. The summed E-state index contributed by atoms with van der Waals surface area (Å²) in [5, 5.41) is 13.4. The first-order chi connectivity index (χ1) is 8.95. The number of hydrogen-bond donors (Lipinski definition) is 1. The SMILES string of the molecule is O=[N+]([O-])c1ccc(F)cc1Nc1nc(Cl)cc(Cl)n1. The van der Waals surface area contributed by atoms with Gasteiger partial charge in [-0.05, 0) is 6.07 Å². The Morgan fingerprint density at radius 2 is 1.84 bits per heavy atom. The Morgan fingerprint density at radius 1 is 1.21 bits per heavy atom. The van der Waals surface area contributed by atoms with Crippen molar-refractivity contribution in [3.8, 4) is 0 Å². The van der Waals surface area contributed by atoms with E-state index in [0.717, 1.165) is 18.2 Å². The molecule has 1 aromatic heterocycles. The average molecular weight is 303 g/mol. The highest BCUT2D eigenvalue weighted by molar-refractivity contribution is 6.33. The highest BCUT2D eigenvalue weighted by Gasteiger charge is 2.15. The van der Waals surface area contributed by atoms with Crippen LogP contribution in [0, 0.1) is 15.9 Å². The third-order valence-electron chi connectivity index (χ3n) is 2.07. The van der Waals surface area contributed by atoms with Gasteiger partial charge in [-0.15, -0.1) is 0 Å². The molecule has 0 amide bonds. The van der Waals surface area contributed by atoms with Gasteiger partial charge in [-0.2, -0.15) is 0 Å². The number of rotatable bonds is 3. The standard InChI is InChI=1S/C10H5Cl2FN4O2/c11-8-4-9(12)16-10(15-8)14-6-3-5(13)1-2-7(6)17(18)19/h1-4H,(H,14,15,16). The van der Waals surface area contributed by atoms with Gasteiger partial charge >= 0.3 is 0 Å². The zero-order valence-electron chi connectivity index (χ0n) is 9.10. The van der Waals surface area contributed by atoms with Gasteiger partial charge < -0.3 is 5.32 Å². The molecule has 0 aliphatic heterocycles. The number of nitro benzene ring substituents is 1. The van der Waals surface area contributed by atoms with E-state index in [1.807, 2.05) is 0 Å². The van der Waals surface area contributed by atoms with Gasteiger partial charge in [0.05, 0.1) is 4.92 Å². The van der Waals surface area contributed by atoms with E-state index in [0.29, 0.717) is 0 Å². The molecule has 0 saturated heterocycles. The molecule has 0 bridgehead atoms. The Kier molecular flexibility index (Phi) is 3.77. The van der Waals surface area contributed by atoms with Gasteiger partial charge in [-0.25, -0.2) is 14.4 Å². The smallest absolute Gasteiger partial charge is 0.292 e. The number of nitrogens with zero attached hydrogens (tertiary/aromatic N) is 3. The predicted octanol–water partition coefficient (Wildman–Crippen LogP) is 3.57. The van der Waals surface area contributed by atoms with Crippen molar-refractivity contribution in [2.45, 2.75) is 0 Å². The fraction of sp³-hybridized carbons (Fsp3) is 0. The highest BCUT2D eigenvalue weighted by atomic mass is 35.5. The summed E-state index contributed by atoms with van der Waals surface area (Å²) >= 11 is 11.3. The number of halogens is 3. The molecule has 0 fully saturated rings. The Labute approximate surface area is 116 Å². The highest BCUT2D eigenvalue weighted by Crippen LogP contribution is 2.27. The fourth-order valence-corrected chi connectivity index (χ4v) is 1.76. The molecule has 0 aliphatic rings. The van der Waals surface area contributed by atoms with Gasteiger partial charge in [0.25, 0.3) is 5.69 Å². The number of anilines is 2. The predicted molar refractivity (Wildman–Crippen MR) is 68.4 cm³/mol. The third kappa shape index (κ3) is 3.27. The zero-order chi connectivity index (χ0) is 14.0. The molecule has 0 unspecified atom stereocenters. The van der Waals surface area contributed by atoms with Crippen LogP contribution >= 0.6 is 23.2 Å². The summed E-state index contributed by atoms with van der Waals surface area (Å²) in [6.07, 6.45) is 0. The molecule has 19 heavy (non-hydrogen) atoms. The summed E-state index contributed by atoms with van der Waals surface area (Å²) in [6.45, 7) is 0. The summed E-state index contributed by atoms with van der Waals surface area (Å²) in [6, 6.07) is 4.27. The van der Waals surface area contributed by atoms with E-state index in [1.54, 1.807) is 0 Å². The molecule has 98 valence electrons. The molecule has 0 atom stereocenters. The maximum Gasteiger partial charge on any atom is 0.292 e. The van der Waals surface area contributed by atoms with E-state index >= 15 is 0 Å². The summed E-state index contributed by atoms with van der Waals surface area (Å²) in [5.41, 5.74) is -0.413. The van der Waals surface area contributed by atoms with Crippen molar-refractivity contribution in [2.24, 2.45) is 0 Å². The zero-order valence-corrected chi connectivity index (χ0v) is 10.6. The minimum Gasteiger partial charge on any atom is -0.318 e. The lowest BCUT2D eigenvalue weighted by atomic mass is 10.2. The maximum atomic E-state index is 13.1. The number of benzene rings is 1. The number of aromatic nitrogens is 2. The lowest BCUT2D eigenvalue weighted by Gasteiger charge is -2.06. The van der Waals surface area contributed by atoms with Gasteiger partial charge in [0.1, 0.15) is 21.8 Å². The van der Waals surface area contributed by atoms with E-state index in [2.05, 4.69) is 15.3 Å². The molecular formula is C10H5Cl2FN4O2. The van der Waals surface area contributed by atoms with Gasteiger partial charge in [-0.3, -0.25) is 10.1 Å². The number of nitrogens with one attached hydrogen (secondary N) is 1. The lowest BCUT2D eigenvalue weighted by Crippen LogP contribution is -2.01. The van der Waals surface area contributed by atoms with Crippen LogP contribution in [0.5, 0.6) is 0 Å². The molecule has 1 aromatic carbocycles. The van der Waals surface area contributed by atoms with Crippen LogP contribution in [0.1, 0.15) is 0 Å². The topological polar surface area (TPSA) is 81.0 Å². The fourth-order valence-electron chi connectivity index (χ4n) is 1.33. The van der Waals surface area contributed by atoms with Crippen molar-refractivity contribution < 1.29 is 9.31 Å². The summed E-state index contributed by atoms with van der Waals surface area (Å²) in [7, 11) is 0. The quantitative estimate of drug-likeness (QED) is 0.532. The van der Waals surface area contributed by atoms with Gasteiger partial charge in [0.15, 0.2) is 0 Å². The van der Waals surface area contributed by atoms with Crippen LogP contribution in [0.4, 0.5) is 21.7 Å². The Hall–Kier alpha value is -1.99. The minimum atomic E-state index is -0.659.